The van der Waals surface area contributed by atoms with E-state index in [1.807, 2.05) is 0 Å². The Morgan fingerprint density at radius 3 is 3.19 bits per heavy atom. The molecule has 0 N–H and O–H groups in total. The Labute approximate surface area is 101 Å². The summed E-state index contributed by atoms with van der Waals surface area (Å²) in [4.78, 5) is 10.8. The first-order valence-electron chi connectivity index (χ1n) is 5.48. The second kappa shape index (κ2) is 5.46. The van der Waals surface area contributed by atoms with Crippen molar-refractivity contribution in [2.75, 3.05) is 25.1 Å². The highest BCUT2D eigenvalue weighted by Gasteiger charge is 2.20. The first-order chi connectivity index (χ1) is 7.83. The lowest BCUT2D eigenvalue weighted by atomic mass is 10.1. The van der Waals surface area contributed by atoms with Gasteiger partial charge in [-0.15, -0.1) is 11.6 Å². The van der Waals surface area contributed by atoms with Gasteiger partial charge in [0.25, 0.3) is 0 Å². The van der Waals surface area contributed by atoms with E-state index in [0.29, 0.717) is 12.0 Å². The summed E-state index contributed by atoms with van der Waals surface area (Å²) < 4.78 is 5.38. The zero-order valence-electron chi connectivity index (χ0n) is 9.40. The van der Waals surface area contributed by atoms with Crippen molar-refractivity contribution < 1.29 is 4.74 Å². The van der Waals surface area contributed by atoms with Gasteiger partial charge in [0.1, 0.15) is 5.82 Å². The molecule has 0 bridgehead atoms. The van der Waals surface area contributed by atoms with E-state index in [9.17, 15) is 0 Å². The van der Waals surface area contributed by atoms with Gasteiger partial charge < -0.3 is 9.64 Å². The molecule has 0 radical (unpaired) electrons. The van der Waals surface area contributed by atoms with Gasteiger partial charge in [-0.2, -0.15) is 0 Å². The average molecular weight is 242 g/mol. The molecule has 1 aromatic heterocycles. The molecule has 0 aliphatic carbocycles. The van der Waals surface area contributed by atoms with Gasteiger partial charge in [0.05, 0.1) is 23.9 Å². The van der Waals surface area contributed by atoms with Crippen molar-refractivity contribution in [1.29, 1.82) is 0 Å². The summed E-state index contributed by atoms with van der Waals surface area (Å²) in [5.41, 5.74) is 0.818. The molecule has 1 fully saturated rings. The number of hydrogen-bond donors (Lipinski definition) is 0. The lowest BCUT2D eigenvalue weighted by molar-refractivity contribution is 0.0891. The van der Waals surface area contributed by atoms with Crippen molar-refractivity contribution in [2.24, 2.45) is 0 Å². The van der Waals surface area contributed by atoms with Gasteiger partial charge in [0, 0.05) is 26.4 Å². The van der Waals surface area contributed by atoms with Gasteiger partial charge in [0.15, 0.2) is 0 Å². The van der Waals surface area contributed by atoms with Gasteiger partial charge >= 0.3 is 0 Å². The Hall–Kier alpha value is -0.870. The van der Waals surface area contributed by atoms with Crippen molar-refractivity contribution in [2.45, 2.75) is 24.8 Å². The van der Waals surface area contributed by atoms with Crippen molar-refractivity contribution in [3.63, 3.8) is 0 Å². The molecule has 1 aromatic rings. The Morgan fingerprint density at radius 2 is 2.44 bits per heavy atom. The topological polar surface area (TPSA) is 38.2 Å². The minimum atomic E-state index is 0.301. The van der Waals surface area contributed by atoms with Crippen LogP contribution < -0.4 is 4.90 Å². The van der Waals surface area contributed by atoms with Crippen LogP contribution in [0.3, 0.4) is 0 Å². The molecule has 4 nitrogen and oxygen atoms in total. The SMILES string of the molecule is COC1CCCN(c2cncc(CCl)n2)C1. The summed E-state index contributed by atoms with van der Waals surface area (Å²) in [7, 11) is 1.76. The molecule has 1 aliphatic rings. The lowest BCUT2D eigenvalue weighted by Gasteiger charge is -2.32. The Bertz CT molecular complexity index is 348. The number of methoxy groups -OCH3 is 1. The van der Waals surface area contributed by atoms with E-state index >= 15 is 0 Å². The highest BCUT2D eigenvalue weighted by atomic mass is 35.5. The molecule has 88 valence electrons. The van der Waals surface area contributed by atoms with Crippen LogP contribution in [0.1, 0.15) is 18.5 Å². The van der Waals surface area contributed by atoms with Crippen LogP contribution in [-0.2, 0) is 10.6 Å². The molecule has 1 saturated heterocycles. The minimum absolute atomic E-state index is 0.301. The van der Waals surface area contributed by atoms with E-state index in [-0.39, 0.29) is 0 Å². The molecule has 1 unspecified atom stereocenters. The third-order valence-corrected chi connectivity index (χ3v) is 3.12. The number of piperidine rings is 1. The van der Waals surface area contributed by atoms with Crippen LogP contribution in [0.4, 0.5) is 5.82 Å². The van der Waals surface area contributed by atoms with Crippen molar-refractivity contribution >= 4 is 17.4 Å². The van der Waals surface area contributed by atoms with E-state index in [4.69, 9.17) is 16.3 Å². The molecular formula is C11H16ClN3O. The van der Waals surface area contributed by atoms with Crippen LogP contribution in [0.25, 0.3) is 0 Å². The highest BCUT2D eigenvalue weighted by molar-refractivity contribution is 6.16. The van der Waals surface area contributed by atoms with Gasteiger partial charge in [-0.1, -0.05) is 0 Å². The summed E-state index contributed by atoms with van der Waals surface area (Å²) in [6.07, 6.45) is 6.04. The third-order valence-electron chi connectivity index (χ3n) is 2.84. The summed E-state index contributed by atoms with van der Waals surface area (Å²) in [5.74, 6) is 1.31. The van der Waals surface area contributed by atoms with E-state index in [2.05, 4.69) is 14.9 Å². The maximum atomic E-state index is 5.75. The molecule has 1 atom stereocenters. The first kappa shape index (κ1) is 11.6. The van der Waals surface area contributed by atoms with Gasteiger partial charge in [-0.25, -0.2) is 4.98 Å². The fraction of sp³-hybridized carbons (Fsp3) is 0.636. The minimum Gasteiger partial charge on any atom is -0.380 e. The van der Waals surface area contributed by atoms with E-state index in [0.717, 1.165) is 37.4 Å². The molecule has 1 aliphatic heterocycles. The molecule has 5 heteroatoms. The number of alkyl halides is 1. The zero-order valence-corrected chi connectivity index (χ0v) is 10.2. The summed E-state index contributed by atoms with van der Waals surface area (Å²) >= 11 is 5.75. The first-order valence-corrected chi connectivity index (χ1v) is 6.01. The predicted octanol–water partition coefficient (Wildman–Crippen LogP) is 1.83. The average Bonchev–Trinajstić information content (AvgIpc) is 2.39. The number of ether oxygens (including phenoxy) is 1. The maximum absolute atomic E-state index is 5.75. The summed E-state index contributed by atoms with van der Waals surface area (Å²) in [5, 5.41) is 0. The Morgan fingerprint density at radius 1 is 1.56 bits per heavy atom. The van der Waals surface area contributed by atoms with Crippen molar-refractivity contribution in [3.8, 4) is 0 Å². The van der Waals surface area contributed by atoms with E-state index in [1.54, 1.807) is 19.5 Å². The number of aromatic nitrogens is 2. The number of nitrogens with zero attached hydrogens (tertiary/aromatic N) is 3. The van der Waals surface area contributed by atoms with Crippen LogP contribution in [0.15, 0.2) is 12.4 Å². The highest BCUT2D eigenvalue weighted by Crippen LogP contribution is 2.18. The standard InChI is InChI=1S/C11H16ClN3O/c1-16-10-3-2-4-15(8-10)11-7-13-6-9(5-12)14-11/h6-7,10H,2-5,8H2,1H3. The second-order valence-electron chi connectivity index (χ2n) is 3.95. The van der Waals surface area contributed by atoms with Crippen LogP contribution in [0, 0.1) is 0 Å². The van der Waals surface area contributed by atoms with Crippen LogP contribution in [-0.4, -0.2) is 36.3 Å². The molecule has 0 saturated carbocycles. The zero-order chi connectivity index (χ0) is 11.4. The van der Waals surface area contributed by atoms with Gasteiger partial charge in [-0.05, 0) is 12.8 Å². The van der Waals surface area contributed by atoms with Crippen molar-refractivity contribution in [1.82, 2.24) is 9.97 Å². The molecule has 0 amide bonds. The van der Waals surface area contributed by atoms with E-state index < -0.39 is 0 Å². The third kappa shape index (κ3) is 2.62. The van der Waals surface area contributed by atoms with E-state index in [1.165, 1.54) is 0 Å². The molecule has 0 aromatic carbocycles. The quantitative estimate of drug-likeness (QED) is 0.757. The maximum Gasteiger partial charge on any atom is 0.147 e. The second-order valence-corrected chi connectivity index (χ2v) is 4.22. The molecule has 0 spiro atoms. The van der Waals surface area contributed by atoms with Crippen LogP contribution >= 0.6 is 11.6 Å². The smallest absolute Gasteiger partial charge is 0.147 e. The van der Waals surface area contributed by atoms with Crippen LogP contribution in [0.5, 0.6) is 0 Å². The predicted molar refractivity (Wildman–Crippen MR) is 63.8 cm³/mol. The Kier molecular flexibility index (Phi) is 3.96. The fourth-order valence-corrected chi connectivity index (χ4v) is 2.08. The van der Waals surface area contributed by atoms with Gasteiger partial charge in [-0.3, -0.25) is 4.98 Å². The molecule has 16 heavy (non-hydrogen) atoms. The van der Waals surface area contributed by atoms with Gasteiger partial charge in [0.2, 0.25) is 0 Å². The number of halogens is 1. The monoisotopic (exact) mass is 241 g/mol. The van der Waals surface area contributed by atoms with Crippen LogP contribution in [0.2, 0.25) is 0 Å². The fourth-order valence-electron chi connectivity index (χ4n) is 1.95. The lowest BCUT2D eigenvalue weighted by Crippen LogP contribution is -2.39. The molecule has 2 rings (SSSR count). The number of rotatable bonds is 3. The number of hydrogen-bond acceptors (Lipinski definition) is 4. The molecule has 2 heterocycles. The molecular weight excluding hydrogens is 226 g/mol. The Balaban J connectivity index is 2.10. The van der Waals surface area contributed by atoms with Crippen molar-refractivity contribution in [3.05, 3.63) is 18.1 Å². The largest absolute Gasteiger partial charge is 0.380 e. The summed E-state index contributed by atoms with van der Waals surface area (Å²) in [6.45, 7) is 1.90. The normalized spacial score (nSPS) is 21.1. The summed E-state index contributed by atoms with van der Waals surface area (Å²) in [6, 6.07) is 0. The number of anilines is 1.